The Labute approximate surface area is 149 Å². The molecule has 0 aromatic heterocycles. The van der Waals surface area contributed by atoms with Crippen LogP contribution in [0.5, 0.6) is 5.75 Å². The Morgan fingerprint density at radius 1 is 1.48 bits per heavy atom. The molecule has 1 amide bonds. The smallest absolute Gasteiger partial charge is 0.246 e. The summed E-state index contributed by atoms with van der Waals surface area (Å²) in [4.78, 5) is 13.8. The van der Waals surface area contributed by atoms with E-state index in [2.05, 4.69) is 12.5 Å². The Hall–Kier alpha value is -2.30. The van der Waals surface area contributed by atoms with Crippen LogP contribution >= 0.6 is 0 Å². The molecule has 0 unspecified atom stereocenters. The lowest BCUT2D eigenvalue weighted by Crippen LogP contribution is -2.53. The molecule has 1 aromatic carbocycles. The van der Waals surface area contributed by atoms with Gasteiger partial charge in [0, 0.05) is 37.7 Å². The molecule has 1 aliphatic heterocycles. The van der Waals surface area contributed by atoms with Crippen LogP contribution in [0.4, 0.5) is 0 Å². The molecule has 0 bridgehead atoms. The highest BCUT2D eigenvalue weighted by Crippen LogP contribution is 2.24. The van der Waals surface area contributed by atoms with Gasteiger partial charge in [-0.15, -0.1) is 6.42 Å². The molecule has 1 saturated heterocycles. The summed E-state index contributed by atoms with van der Waals surface area (Å²) in [6, 6.07) is 7.38. The fourth-order valence-corrected chi connectivity index (χ4v) is 3.65. The Kier molecular flexibility index (Phi) is 6.23. The quantitative estimate of drug-likeness (QED) is 0.513. The summed E-state index contributed by atoms with van der Waals surface area (Å²) < 4.78 is 29.9. The van der Waals surface area contributed by atoms with Crippen LogP contribution in [-0.2, 0) is 21.4 Å². The Morgan fingerprint density at radius 2 is 2.16 bits per heavy atom. The first-order valence-electron chi connectivity index (χ1n) is 7.85. The molecule has 0 radical (unpaired) electrons. The number of para-hydroxylation sites is 1. The number of carbonyl (C=O) groups is 1. The highest BCUT2D eigenvalue weighted by atomic mass is 32.2. The topological polar surface area (TPSA) is 66.9 Å². The molecule has 0 N–H and O–H groups in total. The van der Waals surface area contributed by atoms with Crippen LogP contribution < -0.4 is 4.74 Å². The predicted molar refractivity (Wildman–Crippen MR) is 96.3 cm³/mol. The van der Waals surface area contributed by atoms with E-state index < -0.39 is 10.0 Å². The van der Waals surface area contributed by atoms with Gasteiger partial charge in [0.2, 0.25) is 15.9 Å². The largest absolute Gasteiger partial charge is 0.481 e. The van der Waals surface area contributed by atoms with E-state index in [0.29, 0.717) is 31.9 Å². The van der Waals surface area contributed by atoms with Crippen molar-refractivity contribution >= 4 is 15.9 Å². The van der Waals surface area contributed by atoms with Crippen molar-refractivity contribution in [3.05, 3.63) is 42.5 Å². The third-order valence-electron chi connectivity index (χ3n) is 4.00. The second-order valence-electron chi connectivity index (χ2n) is 5.97. The monoisotopic (exact) mass is 362 g/mol. The minimum absolute atomic E-state index is 0.109. The van der Waals surface area contributed by atoms with Gasteiger partial charge in [0.25, 0.3) is 0 Å². The zero-order valence-electron chi connectivity index (χ0n) is 14.2. The van der Waals surface area contributed by atoms with Crippen molar-refractivity contribution in [3.63, 3.8) is 0 Å². The number of nitrogens with zero attached hydrogens (tertiary/aromatic N) is 2. The molecule has 1 fully saturated rings. The summed E-state index contributed by atoms with van der Waals surface area (Å²) >= 11 is 0. The van der Waals surface area contributed by atoms with Crippen molar-refractivity contribution in [2.75, 3.05) is 32.5 Å². The van der Waals surface area contributed by atoms with Gasteiger partial charge < -0.3 is 9.64 Å². The zero-order valence-corrected chi connectivity index (χ0v) is 15.0. The van der Waals surface area contributed by atoms with Crippen molar-refractivity contribution in [2.45, 2.75) is 6.54 Å². The van der Waals surface area contributed by atoms with Crippen LogP contribution in [0.15, 0.2) is 36.9 Å². The van der Waals surface area contributed by atoms with Gasteiger partial charge in [-0.05, 0) is 12.1 Å². The molecule has 25 heavy (non-hydrogen) atoms. The zero-order chi connectivity index (χ0) is 18.4. The molecule has 1 heterocycles. The molecule has 1 aromatic rings. The molecular weight excluding hydrogens is 340 g/mol. The maximum atomic E-state index is 12.2. The Bertz CT molecular complexity index is 777. The van der Waals surface area contributed by atoms with Crippen LogP contribution in [0.2, 0.25) is 0 Å². The molecule has 0 spiro atoms. The molecule has 1 aliphatic rings. The minimum Gasteiger partial charge on any atom is -0.481 e. The summed E-state index contributed by atoms with van der Waals surface area (Å²) in [6.07, 6.45) is 7.68. The fourth-order valence-electron chi connectivity index (χ4n) is 2.68. The number of rotatable bonds is 8. The molecule has 7 heteroatoms. The lowest BCUT2D eigenvalue weighted by molar-refractivity contribution is -0.127. The molecule has 0 saturated carbocycles. The average Bonchev–Trinajstić information content (AvgIpc) is 2.53. The van der Waals surface area contributed by atoms with Gasteiger partial charge in [-0.25, -0.2) is 12.7 Å². The lowest BCUT2D eigenvalue weighted by Gasteiger charge is -2.39. The third kappa shape index (κ3) is 5.08. The number of amides is 1. The summed E-state index contributed by atoms with van der Waals surface area (Å²) in [5.74, 6) is 2.96. The predicted octanol–water partition coefficient (Wildman–Crippen LogP) is 1.10. The fraction of sp³-hybridized carbons (Fsp3) is 0.389. The number of hydrogen-bond donors (Lipinski definition) is 0. The van der Waals surface area contributed by atoms with Gasteiger partial charge in [0.1, 0.15) is 12.4 Å². The van der Waals surface area contributed by atoms with Gasteiger partial charge in [-0.3, -0.25) is 4.79 Å². The summed E-state index contributed by atoms with van der Waals surface area (Å²) in [6.45, 7) is 5.35. The molecule has 0 aliphatic carbocycles. The van der Waals surface area contributed by atoms with Crippen molar-refractivity contribution < 1.29 is 17.9 Å². The van der Waals surface area contributed by atoms with E-state index in [4.69, 9.17) is 11.2 Å². The second kappa shape index (κ2) is 8.19. The van der Waals surface area contributed by atoms with Crippen molar-refractivity contribution in [2.24, 2.45) is 5.92 Å². The number of carbonyl (C=O) groups excluding carboxylic acids is 1. The first-order valence-corrected chi connectivity index (χ1v) is 9.70. The van der Waals surface area contributed by atoms with Gasteiger partial charge in [-0.2, -0.15) is 0 Å². The molecule has 2 rings (SSSR count). The molecule has 134 valence electrons. The SMILES string of the molecule is C#CCOc1ccccc1CN(CC1CN(S(C)(=O)=O)C1)C(=O)C=C. The minimum atomic E-state index is -3.17. The first kappa shape index (κ1) is 19.0. The molecular formula is C18H22N2O4S. The third-order valence-corrected chi connectivity index (χ3v) is 5.24. The Balaban J connectivity index is 2.06. The highest BCUT2D eigenvalue weighted by Gasteiger charge is 2.34. The number of benzene rings is 1. The normalized spacial score (nSPS) is 15.0. The van der Waals surface area contributed by atoms with Crippen LogP contribution in [-0.4, -0.2) is 56.0 Å². The van der Waals surface area contributed by atoms with Gasteiger partial charge in [-0.1, -0.05) is 30.7 Å². The van der Waals surface area contributed by atoms with E-state index in [9.17, 15) is 13.2 Å². The summed E-state index contributed by atoms with van der Waals surface area (Å²) in [7, 11) is -3.17. The van der Waals surface area contributed by atoms with Gasteiger partial charge >= 0.3 is 0 Å². The Morgan fingerprint density at radius 3 is 2.76 bits per heavy atom. The van der Waals surface area contributed by atoms with E-state index in [1.807, 2.05) is 18.2 Å². The maximum absolute atomic E-state index is 12.2. The summed E-state index contributed by atoms with van der Waals surface area (Å²) in [5, 5.41) is 0. The van der Waals surface area contributed by atoms with Crippen LogP contribution in [0.25, 0.3) is 0 Å². The van der Waals surface area contributed by atoms with Crippen molar-refractivity contribution in [3.8, 4) is 18.1 Å². The summed E-state index contributed by atoms with van der Waals surface area (Å²) in [5.41, 5.74) is 0.840. The second-order valence-corrected chi connectivity index (χ2v) is 7.95. The van der Waals surface area contributed by atoms with Crippen LogP contribution in [0, 0.1) is 18.3 Å². The number of hydrogen-bond acceptors (Lipinski definition) is 4. The van der Waals surface area contributed by atoms with E-state index in [-0.39, 0.29) is 18.4 Å². The maximum Gasteiger partial charge on any atom is 0.246 e. The highest BCUT2D eigenvalue weighted by molar-refractivity contribution is 7.88. The standard InChI is InChI=1S/C18H22N2O4S/c1-4-10-24-17-9-7-6-8-16(17)14-19(18(21)5-2)11-15-12-20(13-15)25(3,22)23/h1,5-9,15H,2,10-14H2,3H3. The molecule has 6 nitrogen and oxygen atoms in total. The van der Waals surface area contributed by atoms with Gasteiger partial charge in [0.05, 0.1) is 6.26 Å². The van der Waals surface area contributed by atoms with E-state index in [0.717, 1.165) is 5.56 Å². The van der Waals surface area contributed by atoms with E-state index in [1.54, 1.807) is 11.0 Å². The van der Waals surface area contributed by atoms with Gasteiger partial charge in [0.15, 0.2) is 0 Å². The lowest BCUT2D eigenvalue weighted by atomic mass is 10.0. The van der Waals surface area contributed by atoms with Crippen molar-refractivity contribution in [1.82, 2.24) is 9.21 Å². The number of ether oxygens (including phenoxy) is 1. The molecule has 0 atom stereocenters. The number of sulfonamides is 1. The first-order chi connectivity index (χ1) is 11.8. The van der Waals surface area contributed by atoms with Crippen LogP contribution in [0.1, 0.15) is 5.56 Å². The van der Waals surface area contributed by atoms with Crippen LogP contribution in [0.3, 0.4) is 0 Å². The van der Waals surface area contributed by atoms with Crippen molar-refractivity contribution in [1.29, 1.82) is 0 Å². The van der Waals surface area contributed by atoms with E-state index in [1.165, 1.54) is 16.6 Å². The van der Waals surface area contributed by atoms with E-state index >= 15 is 0 Å². The number of terminal acetylenes is 1. The average molecular weight is 362 g/mol.